The number of aliphatic imine (C=N–C) groups is 1. The van der Waals surface area contributed by atoms with Crippen molar-refractivity contribution in [3.8, 4) is 0 Å². The lowest BCUT2D eigenvalue weighted by molar-refractivity contribution is -0.900. The summed E-state index contributed by atoms with van der Waals surface area (Å²) < 4.78 is 0. The molecule has 98 valence electrons. The van der Waals surface area contributed by atoms with Crippen molar-refractivity contribution in [2.45, 2.75) is 12.7 Å². The Labute approximate surface area is 122 Å². The molecule has 1 aromatic rings. The minimum Gasteiger partial charge on any atom is -0.318 e. The van der Waals surface area contributed by atoms with Crippen LogP contribution in [0.4, 0.5) is 0 Å². The van der Waals surface area contributed by atoms with E-state index >= 15 is 0 Å². The van der Waals surface area contributed by atoms with Gasteiger partial charge in [0.25, 0.3) is 0 Å². The van der Waals surface area contributed by atoms with Gasteiger partial charge in [0.15, 0.2) is 18.5 Å². The zero-order valence-corrected chi connectivity index (χ0v) is 12.5. The maximum atomic E-state index is 6.13. The number of nitrogens with zero attached hydrogens (tertiary/aromatic N) is 1. The van der Waals surface area contributed by atoms with Crippen molar-refractivity contribution >= 4 is 40.1 Å². The number of nitrogens with one attached hydrogen (secondary N) is 2. The van der Waals surface area contributed by atoms with Crippen LogP contribution in [0.2, 0.25) is 10.0 Å². The highest BCUT2D eigenvalue weighted by atomic mass is 35.5. The Balaban J connectivity index is 1.94. The van der Waals surface area contributed by atoms with Crippen LogP contribution in [0.3, 0.4) is 0 Å². The largest absolute Gasteiger partial charge is 0.318 e. The summed E-state index contributed by atoms with van der Waals surface area (Å²) in [7, 11) is 0. The number of quaternary nitrogens is 1. The van der Waals surface area contributed by atoms with Gasteiger partial charge >= 0.3 is 0 Å². The Morgan fingerprint density at radius 1 is 1.39 bits per heavy atom. The van der Waals surface area contributed by atoms with Gasteiger partial charge in [0.1, 0.15) is 0 Å². The molecular formula is C12H16Cl2N3S+. The molecule has 0 spiro atoms. The second kappa shape index (κ2) is 6.66. The fourth-order valence-corrected chi connectivity index (χ4v) is 3.25. The standard InChI is InChI=1S/C12H15Cl2N3S/c1-2-17-7-15-12(16-8-17)18-6-9-10(13)4-3-5-11(9)14/h3-5H,2,6-8H2,1H3,(H,15,16)/p+1. The van der Waals surface area contributed by atoms with Crippen molar-refractivity contribution in [3.63, 3.8) is 0 Å². The summed E-state index contributed by atoms with van der Waals surface area (Å²) in [6, 6.07) is 5.59. The van der Waals surface area contributed by atoms with Gasteiger partial charge in [-0.05, 0) is 24.6 Å². The fourth-order valence-electron chi connectivity index (χ4n) is 1.64. The quantitative estimate of drug-likeness (QED) is 0.894. The molecule has 1 unspecified atom stereocenters. The third-order valence-corrected chi connectivity index (χ3v) is 4.54. The van der Waals surface area contributed by atoms with Crippen molar-refractivity contribution in [3.05, 3.63) is 33.8 Å². The molecule has 3 nitrogen and oxygen atoms in total. The smallest absolute Gasteiger partial charge is 0.175 e. The van der Waals surface area contributed by atoms with Crippen LogP contribution in [0.5, 0.6) is 0 Å². The molecule has 2 rings (SSSR count). The summed E-state index contributed by atoms with van der Waals surface area (Å²) in [4.78, 5) is 5.94. The first kappa shape index (κ1) is 14.0. The van der Waals surface area contributed by atoms with E-state index in [0.29, 0.717) is 10.0 Å². The van der Waals surface area contributed by atoms with E-state index in [-0.39, 0.29) is 0 Å². The van der Waals surface area contributed by atoms with Gasteiger partial charge in [-0.2, -0.15) is 0 Å². The molecule has 0 bridgehead atoms. The molecule has 1 aromatic carbocycles. The SMILES string of the molecule is CC[NH+]1CN=C(SCc2c(Cl)cccc2Cl)NC1. The van der Waals surface area contributed by atoms with Gasteiger partial charge in [-0.25, -0.2) is 4.99 Å². The maximum Gasteiger partial charge on any atom is 0.175 e. The summed E-state index contributed by atoms with van der Waals surface area (Å²) in [6.45, 7) is 5.01. The summed E-state index contributed by atoms with van der Waals surface area (Å²) in [5.74, 6) is 0.742. The molecular weight excluding hydrogens is 289 g/mol. The fraction of sp³-hybridized carbons (Fsp3) is 0.417. The van der Waals surface area contributed by atoms with Crippen molar-refractivity contribution in [2.24, 2.45) is 4.99 Å². The van der Waals surface area contributed by atoms with E-state index in [1.54, 1.807) is 11.8 Å². The van der Waals surface area contributed by atoms with Gasteiger partial charge in [0, 0.05) is 15.8 Å². The molecule has 0 aromatic heterocycles. The molecule has 18 heavy (non-hydrogen) atoms. The number of hydrogen-bond donors (Lipinski definition) is 2. The molecule has 0 fully saturated rings. The van der Waals surface area contributed by atoms with E-state index in [2.05, 4.69) is 17.2 Å². The molecule has 1 aliphatic rings. The van der Waals surface area contributed by atoms with E-state index in [1.807, 2.05) is 18.2 Å². The summed E-state index contributed by atoms with van der Waals surface area (Å²) >= 11 is 13.9. The lowest BCUT2D eigenvalue weighted by Crippen LogP contribution is -3.14. The van der Waals surface area contributed by atoms with Gasteiger partial charge in [-0.1, -0.05) is 41.0 Å². The average molecular weight is 305 g/mol. The Morgan fingerprint density at radius 3 is 2.67 bits per heavy atom. The van der Waals surface area contributed by atoms with Crippen molar-refractivity contribution in [1.82, 2.24) is 5.32 Å². The molecule has 0 saturated heterocycles. The normalized spacial score (nSPS) is 19.3. The Hall–Kier alpha value is -0.420. The van der Waals surface area contributed by atoms with Crippen molar-refractivity contribution < 1.29 is 4.90 Å². The number of hydrogen-bond acceptors (Lipinski definition) is 3. The number of thioether (sulfide) groups is 1. The van der Waals surface area contributed by atoms with Gasteiger partial charge in [0.2, 0.25) is 0 Å². The Kier molecular flexibility index (Phi) is 5.18. The number of benzene rings is 1. The van der Waals surface area contributed by atoms with E-state index in [1.165, 1.54) is 4.90 Å². The van der Waals surface area contributed by atoms with E-state index < -0.39 is 0 Å². The van der Waals surface area contributed by atoms with Gasteiger partial charge in [-0.15, -0.1) is 0 Å². The molecule has 0 radical (unpaired) electrons. The second-order valence-corrected chi connectivity index (χ2v) is 5.85. The van der Waals surface area contributed by atoms with Crippen LogP contribution in [0.1, 0.15) is 12.5 Å². The van der Waals surface area contributed by atoms with Crippen LogP contribution in [0.25, 0.3) is 0 Å². The third kappa shape index (κ3) is 3.54. The molecule has 1 atom stereocenters. The average Bonchev–Trinajstić information content (AvgIpc) is 2.39. The predicted molar refractivity (Wildman–Crippen MR) is 79.6 cm³/mol. The minimum absolute atomic E-state index is 0.715. The van der Waals surface area contributed by atoms with Crippen LogP contribution < -0.4 is 10.2 Å². The molecule has 0 amide bonds. The summed E-state index contributed by atoms with van der Waals surface area (Å²) in [5, 5.41) is 5.72. The third-order valence-electron chi connectivity index (χ3n) is 2.85. The first-order chi connectivity index (χ1) is 8.70. The van der Waals surface area contributed by atoms with Crippen LogP contribution in [-0.4, -0.2) is 25.0 Å². The highest BCUT2D eigenvalue weighted by Gasteiger charge is 2.14. The monoisotopic (exact) mass is 304 g/mol. The van der Waals surface area contributed by atoms with E-state index in [0.717, 1.165) is 36.4 Å². The summed E-state index contributed by atoms with van der Waals surface area (Å²) in [5.41, 5.74) is 0.973. The predicted octanol–water partition coefficient (Wildman–Crippen LogP) is 2.01. The lowest BCUT2D eigenvalue weighted by Gasteiger charge is -2.22. The number of rotatable bonds is 3. The number of amidine groups is 1. The van der Waals surface area contributed by atoms with Gasteiger partial charge in [-0.3, -0.25) is 4.90 Å². The van der Waals surface area contributed by atoms with Crippen LogP contribution in [0.15, 0.2) is 23.2 Å². The molecule has 6 heteroatoms. The molecule has 0 saturated carbocycles. The molecule has 2 N–H and O–H groups in total. The Bertz CT molecular complexity index is 431. The van der Waals surface area contributed by atoms with Crippen molar-refractivity contribution in [1.29, 1.82) is 0 Å². The van der Waals surface area contributed by atoms with Crippen LogP contribution >= 0.6 is 35.0 Å². The highest BCUT2D eigenvalue weighted by Crippen LogP contribution is 2.28. The maximum absolute atomic E-state index is 6.13. The van der Waals surface area contributed by atoms with E-state index in [9.17, 15) is 0 Å². The summed E-state index contributed by atoms with van der Waals surface area (Å²) in [6.07, 6.45) is 0. The zero-order valence-electron chi connectivity index (χ0n) is 10.2. The second-order valence-electron chi connectivity index (χ2n) is 4.07. The van der Waals surface area contributed by atoms with Crippen LogP contribution in [-0.2, 0) is 5.75 Å². The highest BCUT2D eigenvalue weighted by molar-refractivity contribution is 8.13. The van der Waals surface area contributed by atoms with Crippen LogP contribution in [0, 0.1) is 0 Å². The first-order valence-corrected chi connectivity index (χ1v) is 7.62. The van der Waals surface area contributed by atoms with Gasteiger partial charge < -0.3 is 5.32 Å². The lowest BCUT2D eigenvalue weighted by atomic mass is 10.2. The molecule has 1 heterocycles. The first-order valence-electron chi connectivity index (χ1n) is 5.88. The zero-order chi connectivity index (χ0) is 13.0. The minimum atomic E-state index is 0.715. The molecule has 0 aliphatic carbocycles. The Morgan fingerprint density at radius 2 is 2.11 bits per heavy atom. The van der Waals surface area contributed by atoms with E-state index in [4.69, 9.17) is 23.2 Å². The number of halogens is 2. The molecule has 1 aliphatic heterocycles. The van der Waals surface area contributed by atoms with Crippen molar-refractivity contribution in [2.75, 3.05) is 19.9 Å². The van der Waals surface area contributed by atoms with Gasteiger partial charge in [0.05, 0.1) is 6.54 Å². The topological polar surface area (TPSA) is 28.8 Å².